The lowest BCUT2D eigenvalue weighted by atomic mass is 9.91. The van der Waals surface area contributed by atoms with Gasteiger partial charge in [-0.15, -0.1) is 0 Å². The Morgan fingerprint density at radius 2 is 1.73 bits per heavy atom. The molecule has 3 rings (SSSR count). The first kappa shape index (κ1) is 15.0. The van der Waals surface area contributed by atoms with Gasteiger partial charge in [-0.2, -0.15) is 0 Å². The summed E-state index contributed by atoms with van der Waals surface area (Å²) in [6.07, 6.45) is 3.84. The molecule has 22 heavy (non-hydrogen) atoms. The summed E-state index contributed by atoms with van der Waals surface area (Å²) in [5, 5.41) is 0. The third-order valence-corrected chi connectivity index (χ3v) is 5.20. The van der Waals surface area contributed by atoms with Gasteiger partial charge >= 0.3 is 0 Å². The number of anilines is 1. The van der Waals surface area contributed by atoms with Gasteiger partial charge in [0.15, 0.2) is 11.6 Å². The van der Waals surface area contributed by atoms with Gasteiger partial charge in [-0.3, -0.25) is 4.72 Å². The minimum Gasteiger partial charge on any atom is -0.279 e. The topological polar surface area (TPSA) is 46.2 Å². The van der Waals surface area contributed by atoms with E-state index in [-0.39, 0.29) is 4.90 Å². The molecule has 6 heteroatoms. The Labute approximate surface area is 128 Å². The number of hydrogen-bond donors (Lipinski definition) is 1. The molecule has 116 valence electrons. The average Bonchev–Trinajstić information content (AvgIpc) is 2.50. The highest BCUT2D eigenvalue weighted by Crippen LogP contribution is 2.29. The van der Waals surface area contributed by atoms with Gasteiger partial charge in [-0.05, 0) is 61.1 Å². The number of fused-ring (bicyclic) bond motifs is 1. The van der Waals surface area contributed by atoms with Crippen molar-refractivity contribution < 1.29 is 17.2 Å². The van der Waals surface area contributed by atoms with Crippen LogP contribution in [0.25, 0.3) is 0 Å². The molecule has 0 atom stereocenters. The van der Waals surface area contributed by atoms with Gasteiger partial charge in [0.1, 0.15) is 0 Å². The van der Waals surface area contributed by atoms with Crippen molar-refractivity contribution in [2.45, 2.75) is 30.6 Å². The van der Waals surface area contributed by atoms with Crippen LogP contribution in [-0.2, 0) is 22.9 Å². The number of rotatable bonds is 3. The molecule has 1 N–H and O–H groups in total. The molecule has 0 heterocycles. The number of sulfonamides is 1. The van der Waals surface area contributed by atoms with E-state index in [2.05, 4.69) is 4.72 Å². The third-order valence-electron chi connectivity index (χ3n) is 3.84. The largest absolute Gasteiger partial charge is 0.279 e. The van der Waals surface area contributed by atoms with E-state index >= 15 is 0 Å². The predicted octanol–water partition coefficient (Wildman–Crippen LogP) is 3.64. The summed E-state index contributed by atoms with van der Waals surface area (Å²) in [5.41, 5.74) is 2.64. The van der Waals surface area contributed by atoms with E-state index in [1.54, 1.807) is 12.1 Å². The van der Waals surface area contributed by atoms with E-state index in [0.717, 1.165) is 48.9 Å². The van der Waals surface area contributed by atoms with Crippen molar-refractivity contribution >= 4 is 15.7 Å². The molecule has 0 bridgehead atoms. The highest BCUT2D eigenvalue weighted by Gasteiger charge is 2.20. The Balaban J connectivity index is 1.96. The van der Waals surface area contributed by atoms with Crippen LogP contribution in [0.3, 0.4) is 0 Å². The molecule has 3 nitrogen and oxygen atoms in total. The van der Waals surface area contributed by atoms with Gasteiger partial charge in [0.05, 0.1) is 10.6 Å². The second-order valence-corrected chi connectivity index (χ2v) is 7.01. The van der Waals surface area contributed by atoms with Crippen molar-refractivity contribution in [3.63, 3.8) is 0 Å². The molecular formula is C16H15F2NO2S. The number of benzene rings is 2. The molecule has 0 saturated carbocycles. The van der Waals surface area contributed by atoms with E-state index in [1.807, 2.05) is 6.07 Å². The molecule has 0 spiro atoms. The van der Waals surface area contributed by atoms with Crippen LogP contribution in [0, 0.1) is 11.6 Å². The quantitative estimate of drug-likeness (QED) is 0.937. The van der Waals surface area contributed by atoms with Crippen molar-refractivity contribution in [2.75, 3.05) is 4.72 Å². The summed E-state index contributed by atoms with van der Waals surface area (Å²) < 4.78 is 53.4. The Kier molecular flexibility index (Phi) is 3.87. The fourth-order valence-electron chi connectivity index (χ4n) is 2.72. The summed E-state index contributed by atoms with van der Waals surface area (Å²) in [6.45, 7) is 0. The second kappa shape index (κ2) is 5.68. The second-order valence-electron chi connectivity index (χ2n) is 5.33. The SMILES string of the molecule is O=S(=O)(Nc1cccc2c1CCCC2)c1ccc(F)c(F)c1. The van der Waals surface area contributed by atoms with Crippen LogP contribution in [0.2, 0.25) is 0 Å². The zero-order valence-electron chi connectivity index (χ0n) is 11.8. The van der Waals surface area contributed by atoms with Crippen LogP contribution in [0.1, 0.15) is 24.0 Å². The molecular weight excluding hydrogens is 308 g/mol. The predicted molar refractivity (Wildman–Crippen MR) is 80.3 cm³/mol. The molecule has 2 aromatic carbocycles. The molecule has 0 aromatic heterocycles. The fourth-order valence-corrected chi connectivity index (χ4v) is 3.83. The van der Waals surface area contributed by atoms with Crippen LogP contribution < -0.4 is 4.72 Å². The lowest BCUT2D eigenvalue weighted by molar-refractivity contribution is 0.504. The van der Waals surface area contributed by atoms with Crippen LogP contribution >= 0.6 is 0 Å². The van der Waals surface area contributed by atoms with Gasteiger partial charge in [0.25, 0.3) is 10.0 Å². The monoisotopic (exact) mass is 323 g/mol. The van der Waals surface area contributed by atoms with Crippen LogP contribution in [0.4, 0.5) is 14.5 Å². The highest BCUT2D eigenvalue weighted by molar-refractivity contribution is 7.92. The van der Waals surface area contributed by atoms with E-state index < -0.39 is 21.7 Å². The van der Waals surface area contributed by atoms with Gasteiger partial charge < -0.3 is 0 Å². The normalized spacial score (nSPS) is 14.5. The Morgan fingerprint density at radius 1 is 0.955 bits per heavy atom. The third kappa shape index (κ3) is 2.83. The first-order valence-corrected chi connectivity index (χ1v) is 8.54. The van der Waals surface area contributed by atoms with Gasteiger partial charge in [0.2, 0.25) is 0 Å². The molecule has 1 aliphatic rings. The maximum Gasteiger partial charge on any atom is 0.262 e. The van der Waals surface area contributed by atoms with Crippen LogP contribution in [0.15, 0.2) is 41.3 Å². The molecule has 0 fully saturated rings. The number of nitrogens with one attached hydrogen (secondary N) is 1. The summed E-state index contributed by atoms with van der Waals surface area (Å²) in [7, 11) is -3.94. The maximum absolute atomic E-state index is 13.3. The van der Waals surface area contributed by atoms with Crippen molar-refractivity contribution in [3.8, 4) is 0 Å². The van der Waals surface area contributed by atoms with E-state index in [9.17, 15) is 17.2 Å². The molecule has 0 amide bonds. The summed E-state index contributed by atoms with van der Waals surface area (Å²) in [6, 6.07) is 8.03. The van der Waals surface area contributed by atoms with E-state index in [1.165, 1.54) is 0 Å². The van der Waals surface area contributed by atoms with Gasteiger partial charge in [0, 0.05) is 0 Å². The standard InChI is InChI=1S/C16H15F2NO2S/c17-14-9-8-12(10-15(14)18)22(20,21)19-16-7-3-5-11-4-1-2-6-13(11)16/h3,5,7-10,19H,1-2,4,6H2. The lowest BCUT2D eigenvalue weighted by Gasteiger charge is -2.20. The first-order chi connectivity index (χ1) is 10.5. The molecule has 0 aliphatic heterocycles. The van der Waals surface area contributed by atoms with Gasteiger partial charge in [-0.1, -0.05) is 12.1 Å². The number of aryl methyl sites for hydroxylation is 1. The van der Waals surface area contributed by atoms with Crippen molar-refractivity contribution in [1.29, 1.82) is 0 Å². The summed E-state index contributed by atoms with van der Waals surface area (Å²) in [5.74, 6) is -2.26. The van der Waals surface area contributed by atoms with Crippen molar-refractivity contribution in [3.05, 3.63) is 59.2 Å². The fraction of sp³-hybridized carbons (Fsp3) is 0.250. The first-order valence-electron chi connectivity index (χ1n) is 7.06. The van der Waals surface area contributed by atoms with E-state index in [4.69, 9.17) is 0 Å². The minimum absolute atomic E-state index is 0.292. The molecule has 0 saturated heterocycles. The Bertz CT molecular complexity index is 819. The van der Waals surface area contributed by atoms with Crippen molar-refractivity contribution in [1.82, 2.24) is 0 Å². The van der Waals surface area contributed by atoms with Crippen molar-refractivity contribution in [2.24, 2.45) is 0 Å². The van der Waals surface area contributed by atoms with E-state index in [0.29, 0.717) is 11.8 Å². The summed E-state index contributed by atoms with van der Waals surface area (Å²) >= 11 is 0. The lowest BCUT2D eigenvalue weighted by Crippen LogP contribution is -2.16. The molecule has 0 unspecified atom stereocenters. The zero-order valence-corrected chi connectivity index (χ0v) is 12.6. The highest BCUT2D eigenvalue weighted by atomic mass is 32.2. The molecule has 0 radical (unpaired) electrons. The average molecular weight is 323 g/mol. The smallest absolute Gasteiger partial charge is 0.262 e. The van der Waals surface area contributed by atoms with Gasteiger partial charge in [-0.25, -0.2) is 17.2 Å². The Morgan fingerprint density at radius 3 is 2.50 bits per heavy atom. The Hall–Kier alpha value is -1.95. The molecule has 2 aromatic rings. The van der Waals surface area contributed by atoms with Crippen LogP contribution in [-0.4, -0.2) is 8.42 Å². The number of halogens is 2. The molecule has 1 aliphatic carbocycles. The zero-order chi connectivity index (χ0) is 15.7. The number of hydrogen-bond acceptors (Lipinski definition) is 2. The summed E-state index contributed by atoms with van der Waals surface area (Å²) in [4.78, 5) is -0.292. The van der Waals surface area contributed by atoms with Crippen LogP contribution in [0.5, 0.6) is 0 Å². The minimum atomic E-state index is -3.94. The maximum atomic E-state index is 13.3.